The normalized spacial score (nSPS) is 13.6. The Labute approximate surface area is 128 Å². The number of furan rings is 1. The van der Waals surface area contributed by atoms with Gasteiger partial charge in [-0.1, -0.05) is 0 Å². The summed E-state index contributed by atoms with van der Waals surface area (Å²) >= 11 is -2.54. The second-order valence-electron chi connectivity index (χ2n) is 6.13. The maximum atomic E-state index is 11.0. The van der Waals surface area contributed by atoms with E-state index in [9.17, 15) is 5.11 Å². The van der Waals surface area contributed by atoms with Crippen LogP contribution in [0.1, 0.15) is 69.0 Å². The third kappa shape index (κ3) is 5.10. The Hall–Kier alpha value is 0.0387. The van der Waals surface area contributed by atoms with Gasteiger partial charge in [0.1, 0.15) is 0 Å². The minimum atomic E-state index is -2.54. The fraction of sp³-hybridized carbons (Fsp3) is 0.765. The van der Waals surface area contributed by atoms with Crippen molar-refractivity contribution in [3.8, 4) is 0 Å². The van der Waals surface area contributed by atoms with Crippen LogP contribution in [-0.4, -0.2) is 23.5 Å². The first-order valence-electron chi connectivity index (χ1n) is 8.40. The van der Waals surface area contributed by atoms with Crippen LogP contribution in [0, 0.1) is 0 Å². The van der Waals surface area contributed by atoms with Gasteiger partial charge in [0.15, 0.2) is 0 Å². The quantitative estimate of drug-likeness (QED) is 0.494. The van der Waals surface area contributed by atoms with Crippen LogP contribution in [0.15, 0.2) is 23.0 Å². The minimum absolute atomic E-state index is 0.173. The third-order valence-corrected chi connectivity index (χ3v) is 20.3. The molecular weight excluding hydrogens is 355 g/mol. The molecule has 0 spiro atoms. The number of hydrogen-bond donors (Lipinski definition) is 1. The number of aliphatic hydroxyl groups is 1. The summed E-state index contributed by atoms with van der Waals surface area (Å²) in [5.41, 5.74) is 1.05. The molecule has 1 N–H and O–H groups in total. The van der Waals surface area contributed by atoms with Crippen molar-refractivity contribution in [2.24, 2.45) is 0 Å². The first-order valence-corrected chi connectivity index (χ1v) is 16.1. The molecule has 1 heterocycles. The SMILES string of the molecule is CCC[CH2][Sn]([CH2]CCC)([CH2]CCC)[CH](O)c1ccoc1. The van der Waals surface area contributed by atoms with E-state index in [0.717, 1.165) is 5.56 Å². The maximum absolute atomic E-state index is 11.0. The summed E-state index contributed by atoms with van der Waals surface area (Å²) in [6, 6.07) is 1.97. The molecule has 0 radical (unpaired) electrons. The molecule has 1 aromatic rings. The summed E-state index contributed by atoms with van der Waals surface area (Å²) in [5, 5.41) is 11.0. The molecule has 1 unspecified atom stereocenters. The molecule has 3 heteroatoms. The van der Waals surface area contributed by atoms with Crippen LogP contribution < -0.4 is 0 Å². The van der Waals surface area contributed by atoms with Gasteiger partial charge >= 0.3 is 129 Å². The summed E-state index contributed by atoms with van der Waals surface area (Å²) in [6.07, 6.45) is 11.1. The molecule has 0 aliphatic rings. The zero-order valence-corrected chi connectivity index (χ0v) is 16.4. The van der Waals surface area contributed by atoms with Crippen molar-refractivity contribution in [2.45, 2.75) is 76.7 Å². The summed E-state index contributed by atoms with van der Waals surface area (Å²) < 4.78 is 9.04. The zero-order chi connectivity index (χ0) is 14.8. The number of hydrogen-bond acceptors (Lipinski definition) is 2. The Morgan fingerprint density at radius 3 is 1.85 bits per heavy atom. The van der Waals surface area contributed by atoms with Crippen LogP contribution in [0.4, 0.5) is 0 Å². The van der Waals surface area contributed by atoms with Crippen molar-refractivity contribution in [3.63, 3.8) is 0 Å². The molecule has 1 atom stereocenters. The molecular formula is C17H32O2Sn. The molecule has 20 heavy (non-hydrogen) atoms. The third-order valence-electron chi connectivity index (χ3n) is 4.52. The van der Waals surface area contributed by atoms with Gasteiger partial charge in [0.2, 0.25) is 0 Å². The molecule has 0 amide bonds. The molecule has 0 saturated carbocycles. The van der Waals surface area contributed by atoms with Crippen molar-refractivity contribution >= 4 is 18.4 Å². The van der Waals surface area contributed by atoms with Gasteiger partial charge in [-0.25, -0.2) is 0 Å². The van der Waals surface area contributed by atoms with Crippen LogP contribution >= 0.6 is 0 Å². The van der Waals surface area contributed by atoms with E-state index in [1.54, 1.807) is 12.5 Å². The molecule has 2 nitrogen and oxygen atoms in total. The Balaban J connectivity index is 2.92. The first-order chi connectivity index (χ1) is 9.70. The van der Waals surface area contributed by atoms with Crippen LogP contribution in [-0.2, 0) is 0 Å². The zero-order valence-electron chi connectivity index (χ0n) is 13.5. The molecule has 0 bridgehead atoms. The van der Waals surface area contributed by atoms with Gasteiger partial charge in [0.25, 0.3) is 0 Å². The molecule has 1 rings (SSSR count). The molecule has 0 aliphatic carbocycles. The van der Waals surface area contributed by atoms with E-state index < -0.39 is 18.4 Å². The van der Waals surface area contributed by atoms with Crippen LogP contribution in [0.25, 0.3) is 0 Å². The second kappa shape index (κ2) is 9.88. The van der Waals surface area contributed by atoms with E-state index in [1.807, 2.05) is 6.07 Å². The molecule has 116 valence electrons. The van der Waals surface area contributed by atoms with Gasteiger partial charge in [0.05, 0.1) is 0 Å². The molecule has 0 aromatic carbocycles. The van der Waals surface area contributed by atoms with Crippen molar-refractivity contribution in [1.29, 1.82) is 0 Å². The number of aliphatic hydroxyl groups excluding tert-OH is 1. The second-order valence-corrected chi connectivity index (χ2v) is 19.8. The van der Waals surface area contributed by atoms with Gasteiger partial charge in [-0.15, -0.1) is 0 Å². The van der Waals surface area contributed by atoms with E-state index in [4.69, 9.17) is 4.42 Å². The monoisotopic (exact) mass is 388 g/mol. The first kappa shape index (κ1) is 18.1. The van der Waals surface area contributed by atoms with Gasteiger partial charge in [0, 0.05) is 0 Å². The van der Waals surface area contributed by atoms with Crippen molar-refractivity contribution in [1.82, 2.24) is 0 Å². The van der Waals surface area contributed by atoms with Crippen molar-refractivity contribution in [2.75, 3.05) is 0 Å². The van der Waals surface area contributed by atoms with E-state index in [-0.39, 0.29) is 4.12 Å². The predicted octanol–water partition coefficient (Wildman–Crippen LogP) is 5.70. The van der Waals surface area contributed by atoms with Gasteiger partial charge in [-0.3, -0.25) is 0 Å². The summed E-state index contributed by atoms with van der Waals surface area (Å²) in [7, 11) is 0. The Morgan fingerprint density at radius 2 is 1.50 bits per heavy atom. The topological polar surface area (TPSA) is 33.4 Å². The van der Waals surface area contributed by atoms with Crippen molar-refractivity contribution < 1.29 is 9.52 Å². The average molecular weight is 387 g/mol. The van der Waals surface area contributed by atoms with E-state index in [2.05, 4.69) is 20.8 Å². The van der Waals surface area contributed by atoms with E-state index >= 15 is 0 Å². The van der Waals surface area contributed by atoms with Gasteiger partial charge < -0.3 is 0 Å². The van der Waals surface area contributed by atoms with Crippen LogP contribution in [0.3, 0.4) is 0 Å². The Morgan fingerprint density at radius 1 is 1.00 bits per heavy atom. The fourth-order valence-electron chi connectivity index (χ4n) is 3.16. The number of unbranched alkanes of at least 4 members (excludes halogenated alkanes) is 3. The van der Waals surface area contributed by atoms with Crippen LogP contribution in [0.2, 0.25) is 13.3 Å². The molecule has 1 aromatic heterocycles. The fourth-order valence-corrected chi connectivity index (χ4v) is 19.2. The molecule has 0 aliphatic heterocycles. The standard InChI is InChI=1S/C5H5O2.3C4H9.Sn/c6-3-5-1-2-7-4-5;3*1-3-4-2;/h1-4,6H;3*1,3-4H2,2H3;. The van der Waals surface area contributed by atoms with E-state index in [0.29, 0.717) is 0 Å². The average Bonchev–Trinajstić information content (AvgIpc) is 3.00. The van der Waals surface area contributed by atoms with Crippen molar-refractivity contribution in [3.05, 3.63) is 24.2 Å². The summed E-state index contributed by atoms with van der Waals surface area (Å²) in [6.45, 7) is 6.79. The van der Waals surface area contributed by atoms with Gasteiger partial charge in [-0.2, -0.15) is 0 Å². The Bertz CT molecular complexity index is 313. The van der Waals surface area contributed by atoms with E-state index in [1.165, 1.54) is 51.8 Å². The summed E-state index contributed by atoms with van der Waals surface area (Å²) in [4.78, 5) is 0. The van der Waals surface area contributed by atoms with Crippen LogP contribution in [0.5, 0.6) is 0 Å². The molecule has 0 saturated heterocycles. The predicted molar refractivity (Wildman–Crippen MR) is 88.6 cm³/mol. The summed E-state index contributed by atoms with van der Waals surface area (Å²) in [5.74, 6) is 0. The Kier molecular flexibility index (Phi) is 8.94. The number of rotatable bonds is 11. The van der Waals surface area contributed by atoms with Gasteiger partial charge in [-0.05, 0) is 0 Å². The molecule has 0 fully saturated rings.